The Morgan fingerprint density at radius 1 is 1.13 bits per heavy atom. The number of carbonyl (C=O) groups is 1. The minimum absolute atomic E-state index is 0.113. The third kappa shape index (κ3) is 4.34. The third-order valence-electron chi connectivity index (χ3n) is 5.06. The molecule has 1 heterocycles. The Kier molecular flexibility index (Phi) is 6.49. The molecule has 1 amide bonds. The zero-order valence-corrected chi connectivity index (χ0v) is 17.2. The number of anilines is 3. The summed E-state index contributed by atoms with van der Waals surface area (Å²) in [6.45, 7) is 2.16. The maximum Gasteiger partial charge on any atom is 0.260 e. The predicted octanol–water partition coefficient (Wildman–Crippen LogP) is 3.85. The summed E-state index contributed by atoms with van der Waals surface area (Å²) in [6, 6.07) is 7.21. The smallest absolute Gasteiger partial charge is 0.260 e. The quantitative estimate of drug-likeness (QED) is 0.236. The van der Waals surface area contributed by atoms with Gasteiger partial charge in [-0.1, -0.05) is 17.7 Å². The maximum absolute atomic E-state index is 13.3. The fourth-order valence-electron chi connectivity index (χ4n) is 3.38. The number of phenolic OH excluding ortho intramolecular Hbond substituents is 3. The Morgan fingerprint density at radius 2 is 1.87 bits per heavy atom. The first-order valence-electron chi connectivity index (χ1n) is 9.53. The highest BCUT2D eigenvalue weighted by Crippen LogP contribution is 2.45. The molecular weight excluding hydrogens is 388 g/mol. The van der Waals surface area contributed by atoms with Gasteiger partial charge in [0, 0.05) is 39.3 Å². The van der Waals surface area contributed by atoms with E-state index < -0.39 is 0 Å². The number of allylic oxidation sites excluding steroid dienone is 1. The van der Waals surface area contributed by atoms with Gasteiger partial charge in [-0.25, -0.2) is 0 Å². The molecular formula is C22H26N2O6. The highest BCUT2D eigenvalue weighted by Gasteiger charge is 2.29. The van der Waals surface area contributed by atoms with Gasteiger partial charge >= 0.3 is 0 Å². The van der Waals surface area contributed by atoms with Crippen molar-refractivity contribution < 1.29 is 29.6 Å². The van der Waals surface area contributed by atoms with Gasteiger partial charge in [0.2, 0.25) is 0 Å². The van der Waals surface area contributed by atoms with Crippen LogP contribution in [-0.4, -0.2) is 48.3 Å². The summed E-state index contributed by atoms with van der Waals surface area (Å²) in [5.74, 6) is -0.890. The number of para-hydroxylation sites is 1. The lowest BCUT2D eigenvalue weighted by Crippen LogP contribution is -2.30. The number of ether oxygens (including phenoxy) is 2. The summed E-state index contributed by atoms with van der Waals surface area (Å²) in [5, 5.41) is 33.6. The summed E-state index contributed by atoms with van der Waals surface area (Å²) < 4.78 is 10.4. The van der Waals surface area contributed by atoms with E-state index in [4.69, 9.17) is 9.47 Å². The average Bonchev–Trinajstić information content (AvgIpc) is 2.83. The molecule has 0 bridgehead atoms. The minimum atomic E-state index is -0.368. The third-order valence-corrected chi connectivity index (χ3v) is 5.06. The number of benzene rings is 2. The molecule has 160 valence electrons. The number of phenols is 3. The number of rotatable bonds is 7. The number of nitrogens with zero attached hydrogens (tertiary/aromatic N) is 1. The van der Waals surface area contributed by atoms with E-state index in [1.807, 2.05) is 13.0 Å². The van der Waals surface area contributed by atoms with E-state index in [-0.39, 0.29) is 52.9 Å². The molecule has 0 fully saturated rings. The van der Waals surface area contributed by atoms with Gasteiger partial charge in [0.25, 0.3) is 5.91 Å². The number of hydrogen-bond acceptors (Lipinski definition) is 7. The second-order valence-corrected chi connectivity index (χ2v) is 7.09. The average molecular weight is 414 g/mol. The van der Waals surface area contributed by atoms with Gasteiger partial charge in [-0.3, -0.25) is 4.79 Å². The van der Waals surface area contributed by atoms with Gasteiger partial charge in [0.05, 0.1) is 16.9 Å². The van der Waals surface area contributed by atoms with Gasteiger partial charge in [0.15, 0.2) is 6.29 Å². The number of amides is 1. The fourth-order valence-corrected chi connectivity index (χ4v) is 3.38. The van der Waals surface area contributed by atoms with Crippen LogP contribution in [0.25, 0.3) is 0 Å². The second kappa shape index (κ2) is 9.06. The molecule has 0 saturated heterocycles. The summed E-state index contributed by atoms with van der Waals surface area (Å²) in [4.78, 5) is 14.7. The zero-order chi connectivity index (χ0) is 21.8. The lowest BCUT2D eigenvalue weighted by atomic mass is 10.1. The van der Waals surface area contributed by atoms with E-state index in [2.05, 4.69) is 5.32 Å². The predicted molar refractivity (Wildman–Crippen MR) is 114 cm³/mol. The van der Waals surface area contributed by atoms with Crippen LogP contribution in [0.15, 0.2) is 42.0 Å². The zero-order valence-electron chi connectivity index (χ0n) is 17.2. The van der Waals surface area contributed by atoms with Crippen LogP contribution in [0, 0.1) is 0 Å². The molecule has 1 aliphatic rings. The number of nitrogens with one attached hydrogen (secondary N) is 1. The Morgan fingerprint density at radius 3 is 2.57 bits per heavy atom. The lowest BCUT2D eigenvalue weighted by Gasteiger charge is -2.22. The number of hydrogen-bond donors (Lipinski definition) is 4. The normalized spacial score (nSPS) is 13.7. The van der Waals surface area contributed by atoms with Crippen molar-refractivity contribution in [1.29, 1.82) is 0 Å². The molecule has 0 saturated carbocycles. The van der Waals surface area contributed by atoms with E-state index >= 15 is 0 Å². The van der Waals surface area contributed by atoms with E-state index in [0.717, 1.165) is 5.57 Å². The molecule has 4 N–H and O–H groups in total. The van der Waals surface area contributed by atoms with Crippen LogP contribution in [0.1, 0.15) is 30.1 Å². The molecule has 8 nitrogen and oxygen atoms in total. The topological polar surface area (TPSA) is 111 Å². The van der Waals surface area contributed by atoms with Crippen molar-refractivity contribution in [2.45, 2.75) is 26.1 Å². The molecule has 0 atom stereocenters. The highest BCUT2D eigenvalue weighted by atomic mass is 16.7. The van der Waals surface area contributed by atoms with Crippen molar-refractivity contribution in [3.8, 4) is 17.2 Å². The summed E-state index contributed by atoms with van der Waals surface area (Å²) >= 11 is 0. The summed E-state index contributed by atoms with van der Waals surface area (Å²) in [6.07, 6.45) is 2.97. The first-order chi connectivity index (χ1) is 14.3. The first-order valence-corrected chi connectivity index (χ1v) is 9.53. The van der Waals surface area contributed by atoms with Crippen molar-refractivity contribution >= 4 is 23.0 Å². The van der Waals surface area contributed by atoms with Gasteiger partial charge in [-0.05, 0) is 25.5 Å². The van der Waals surface area contributed by atoms with E-state index in [1.165, 1.54) is 23.1 Å². The molecule has 30 heavy (non-hydrogen) atoms. The number of carbonyl (C=O) groups excluding carboxylic acids is 1. The maximum atomic E-state index is 13.3. The Labute approximate surface area is 175 Å². The van der Waals surface area contributed by atoms with Crippen molar-refractivity contribution in [3.05, 3.63) is 47.5 Å². The Balaban J connectivity index is 1.97. The standard InChI is InChI=1S/C22H26N2O6/c1-13(7-8-19(29-2)30-3)9-10-24-16-11-14(25)12-18(27)21(16)23-20-15(22(24)28)5-4-6-17(20)26/h4-6,9,11-12,19,23,25-27H,7-8,10H2,1-3H3/b13-9+. The first kappa shape index (κ1) is 21.5. The van der Waals surface area contributed by atoms with E-state index in [0.29, 0.717) is 18.5 Å². The monoisotopic (exact) mass is 414 g/mol. The molecule has 0 unspecified atom stereocenters. The van der Waals surface area contributed by atoms with Crippen molar-refractivity contribution in [3.63, 3.8) is 0 Å². The largest absolute Gasteiger partial charge is 0.508 e. The summed E-state index contributed by atoms with van der Waals surface area (Å²) in [7, 11) is 3.16. The molecule has 2 aromatic carbocycles. The molecule has 0 aromatic heterocycles. The molecule has 0 spiro atoms. The molecule has 3 rings (SSSR count). The van der Waals surface area contributed by atoms with E-state index in [9.17, 15) is 20.1 Å². The summed E-state index contributed by atoms with van der Waals surface area (Å²) in [5.41, 5.74) is 2.03. The van der Waals surface area contributed by atoms with Gasteiger partial charge < -0.3 is 35.0 Å². The van der Waals surface area contributed by atoms with Crippen molar-refractivity contribution in [2.24, 2.45) is 0 Å². The van der Waals surface area contributed by atoms with Gasteiger partial charge in [0.1, 0.15) is 22.9 Å². The molecule has 8 heteroatoms. The Bertz CT molecular complexity index is 968. The van der Waals surface area contributed by atoms with Crippen molar-refractivity contribution in [2.75, 3.05) is 31.0 Å². The fraction of sp³-hybridized carbons (Fsp3) is 0.318. The van der Waals surface area contributed by atoms with Crippen LogP contribution in [0.4, 0.5) is 17.1 Å². The lowest BCUT2D eigenvalue weighted by molar-refractivity contribution is -0.105. The molecule has 0 radical (unpaired) electrons. The number of fused-ring (bicyclic) bond motifs is 2. The van der Waals surface area contributed by atoms with Crippen LogP contribution in [0.3, 0.4) is 0 Å². The number of aromatic hydroxyl groups is 3. The van der Waals surface area contributed by atoms with Gasteiger partial charge in [-0.2, -0.15) is 0 Å². The van der Waals surface area contributed by atoms with E-state index in [1.54, 1.807) is 26.4 Å². The van der Waals surface area contributed by atoms with Crippen LogP contribution in [0.2, 0.25) is 0 Å². The van der Waals surface area contributed by atoms with Crippen LogP contribution in [-0.2, 0) is 9.47 Å². The highest BCUT2D eigenvalue weighted by molar-refractivity contribution is 6.15. The molecule has 2 aromatic rings. The van der Waals surface area contributed by atoms with Crippen LogP contribution in [0.5, 0.6) is 17.2 Å². The Hall–Kier alpha value is -3.23. The number of methoxy groups -OCH3 is 2. The SMILES string of the molecule is COC(CC/C(C)=C/CN1C(=O)c2cccc(O)c2Nc2c(O)cc(O)cc21)OC. The van der Waals surface area contributed by atoms with Crippen LogP contribution < -0.4 is 10.2 Å². The molecule has 0 aliphatic carbocycles. The van der Waals surface area contributed by atoms with Crippen LogP contribution >= 0.6 is 0 Å². The minimum Gasteiger partial charge on any atom is -0.508 e. The van der Waals surface area contributed by atoms with Gasteiger partial charge in [-0.15, -0.1) is 0 Å². The second-order valence-electron chi connectivity index (χ2n) is 7.09. The molecule has 1 aliphatic heterocycles. The van der Waals surface area contributed by atoms with Crippen molar-refractivity contribution in [1.82, 2.24) is 0 Å².